The lowest BCUT2D eigenvalue weighted by molar-refractivity contribution is 0.0748. The van der Waals surface area contributed by atoms with E-state index in [-0.39, 0.29) is 5.91 Å². The topological polar surface area (TPSA) is 46.3 Å². The van der Waals surface area contributed by atoms with Crippen molar-refractivity contribution in [1.82, 2.24) is 4.90 Å². The van der Waals surface area contributed by atoms with Crippen LogP contribution in [-0.4, -0.2) is 28.4 Å². The lowest BCUT2D eigenvalue weighted by Gasteiger charge is -2.22. The molecule has 1 fully saturated rings. The number of benzene rings is 1. The fourth-order valence-corrected chi connectivity index (χ4v) is 2.47. The molecule has 0 unspecified atom stereocenters. The first-order valence-corrected chi connectivity index (χ1v) is 7.90. The van der Waals surface area contributed by atoms with Crippen LogP contribution in [0.5, 0.6) is 0 Å². The number of halogens is 2. The number of carbonyl (C=O) groups is 1. The van der Waals surface area contributed by atoms with E-state index in [1.807, 2.05) is 17.0 Å². The first kappa shape index (κ1) is 15.0. The molecule has 3 nitrogen and oxygen atoms in total. The number of rotatable bonds is 5. The molecule has 1 aliphatic rings. The van der Waals surface area contributed by atoms with Crippen LogP contribution in [0.4, 0.5) is 0 Å². The summed E-state index contributed by atoms with van der Waals surface area (Å²) in [6.45, 7) is 0.586. The van der Waals surface area contributed by atoms with Gasteiger partial charge in [-0.15, -0.1) is 0 Å². The Morgan fingerprint density at radius 2 is 2.21 bits per heavy atom. The summed E-state index contributed by atoms with van der Waals surface area (Å²) in [7, 11) is 0. The van der Waals surface area contributed by atoms with E-state index in [1.165, 1.54) is 0 Å². The number of amides is 1. The third-order valence-corrected chi connectivity index (χ3v) is 4.79. The average molecular weight is 409 g/mol. The summed E-state index contributed by atoms with van der Waals surface area (Å²) >= 11 is 13.1. The maximum absolute atomic E-state index is 12.5. The Morgan fingerprint density at radius 1 is 1.53 bits per heavy atom. The van der Waals surface area contributed by atoms with Crippen molar-refractivity contribution in [3.63, 3.8) is 0 Å². The Hall–Kier alpha value is -0.400. The van der Waals surface area contributed by atoms with Crippen LogP contribution in [-0.2, 0) is 0 Å². The Labute approximate surface area is 136 Å². The first-order chi connectivity index (χ1) is 8.99. The molecule has 0 saturated heterocycles. The van der Waals surface area contributed by atoms with Crippen LogP contribution >= 0.6 is 46.4 Å². The van der Waals surface area contributed by atoms with Crippen LogP contribution in [0.15, 0.2) is 18.2 Å². The number of thiocarbonyl (C=S) groups is 1. The van der Waals surface area contributed by atoms with Gasteiger partial charge in [-0.25, -0.2) is 0 Å². The van der Waals surface area contributed by atoms with Gasteiger partial charge in [-0.2, -0.15) is 0 Å². The second-order valence-corrected chi connectivity index (χ2v) is 6.67. The molecule has 0 spiro atoms. The van der Waals surface area contributed by atoms with Gasteiger partial charge in [-0.3, -0.25) is 4.79 Å². The van der Waals surface area contributed by atoms with E-state index in [2.05, 4.69) is 22.6 Å². The van der Waals surface area contributed by atoms with Crippen molar-refractivity contribution in [1.29, 1.82) is 0 Å². The van der Waals surface area contributed by atoms with Crippen LogP contribution in [0.25, 0.3) is 0 Å². The van der Waals surface area contributed by atoms with Gasteiger partial charge in [0.2, 0.25) is 0 Å². The predicted molar refractivity (Wildman–Crippen MR) is 89.6 cm³/mol. The SMILES string of the molecule is NC(=S)CCN(C(=O)c1ccc(I)c(Cl)c1)C1CC1. The number of hydrogen-bond donors (Lipinski definition) is 1. The van der Waals surface area contributed by atoms with Gasteiger partial charge in [-0.05, 0) is 53.6 Å². The third-order valence-electron chi connectivity index (χ3n) is 3.01. The summed E-state index contributed by atoms with van der Waals surface area (Å²) < 4.78 is 0.942. The number of nitrogens with zero attached hydrogens (tertiary/aromatic N) is 1. The summed E-state index contributed by atoms with van der Waals surface area (Å²) in [5.41, 5.74) is 6.14. The predicted octanol–water partition coefficient (Wildman–Crippen LogP) is 3.23. The van der Waals surface area contributed by atoms with Crippen LogP contribution < -0.4 is 5.73 Å². The number of carbonyl (C=O) groups excluding carboxylic acids is 1. The molecule has 1 amide bonds. The summed E-state index contributed by atoms with van der Waals surface area (Å²) in [5, 5.41) is 0.608. The van der Waals surface area contributed by atoms with Crippen LogP contribution in [0.3, 0.4) is 0 Å². The highest BCUT2D eigenvalue weighted by Crippen LogP contribution is 2.29. The summed E-state index contributed by atoms with van der Waals surface area (Å²) in [6, 6.07) is 5.72. The second kappa shape index (κ2) is 6.37. The fraction of sp³-hybridized carbons (Fsp3) is 0.385. The molecule has 1 aromatic rings. The quantitative estimate of drug-likeness (QED) is 0.601. The van der Waals surface area contributed by atoms with Gasteiger partial charge < -0.3 is 10.6 Å². The molecule has 19 heavy (non-hydrogen) atoms. The fourth-order valence-electron chi connectivity index (χ4n) is 1.86. The molecule has 102 valence electrons. The van der Waals surface area contributed by atoms with Crippen molar-refractivity contribution in [3.05, 3.63) is 32.4 Å². The summed E-state index contributed by atoms with van der Waals surface area (Å²) in [6.07, 6.45) is 2.68. The van der Waals surface area contributed by atoms with Crippen LogP contribution in [0.2, 0.25) is 5.02 Å². The average Bonchev–Trinajstić information content (AvgIpc) is 3.16. The largest absolute Gasteiger partial charge is 0.393 e. The highest BCUT2D eigenvalue weighted by Gasteiger charge is 2.32. The van der Waals surface area contributed by atoms with E-state index in [0.717, 1.165) is 16.4 Å². The molecule has 0 aliphatic heterocycles. The molecular weight excluding hydrogens is 395 g/mol. The van der Waals surface area contributed by atoms with E-state index in [1.54, 1.807) is 6.07 Å². The second-order valence-electron chi connectivity index (χ2n) is 4.57. The van der Waals surface area contributed by atoms with Gasteiger partial charge in [0.25, 0.3) is 5.91 Å². The summed E-state index contributed by atoms with van der Waals surface area (Å²) in [5.74, 6) is 0.0112. The van der Waals surface area contributed by atoms with Gasteiger partial charge in [0.05, 0.1) is 10.0 Å². The zero-order valence-electron chi connectivity index (χ0n) is 10.2. The molecule has 1 aromatic carbocycles. The molecule has 2 rings (SSSR count). The number of nitrogens with two attached hydrogens (primary N) is 1. The molecule has 0 bridgehead atoms. The van der Waals surface area contributed by atoms with Crippen LogP contribution in [0, 0.1) is 3.57 Å². The lowest BCUT2D eigenvalue weighted by Crippen LogP contribution is -2.35. The molecule has 0 aromatic heterocycles. The minimum absolute atomic E-state index is 0.0112. The molecule has 6 heteroatoms. The van der Waals surface area contributed by atoms with Crippen molar-refractivity contribution >= 4 is 57.3 Å². The van der Waals surface area contributed by atoms with Gasteiger partial charge in [0.1, 0.15) is 0 Å². The molecule has 1 aliphatic carbocycles. The van der Waals surface area contributed by atoms with E-state index in [9.17, 15) is 4.79 Å². The monoisotopic (exact) mass is 408 g/mol. The van der Waals surface area contributed by atoms with E-state index in [0.29, 0.717) is 34.6 Å². The molecule has 2 N–H and O–H groups in total. The normalized spacial score (nSPS) is 14.2. The van der Waals surface area contributed by atoms with Gasteiger partial charge in [-0.1, -0.05) is 23.8 Å². The van der Waals surface area contributed by atoms with Gasteiger partial charge in [0, 0.05) is 28.1 Å². The standard InChI is InChI=1S/C13H14ClIN2OS/c14-10-7-8(1-4-11(10)15)13(18)17(9-2-3-9)6-5-12(16)19/h1,4,7,9H,2-3,5-6H2,(H2,16,19). The van der Waals surface area contributed by atoms with Crippen LogP contribution in [0.1, 0.15) is 29.6 Å². The Bertz CT molecular complexity index is 519. The van der Waals surface area contributed by atoms with E-state index in [4.69, 9.17) is 29.6 Å². The van der Waals surface area contributed by atoms with Gasteiger partial charge >= 0.3 is 0 Å². The maximum Gasteiger partial charge on any atom is 0.254 e. The van der Waals surface area contributed by atoms with Crippen molar-refractivity contribution in [2.24, 2.45) is 5.73 Å². The molecule has 1 saturated carbocycles. The molecular formula is C13H14ClIN2OS. The minimum atomic E-state index is 0.0112. The van der Waals surface area contributed by atoms with Crippen molar-refractivity contribution in [2.45, 2.75) is 25.3 Å². The smallest absolute Gasteiger partial charge is 0.254 e. The third kappa shape index (κ3) is 4.03. The Balaban J connectivity index is 2.14. The Kier molecular flexibility index (Phi) is 5.03. The van der Waals surface area contributed by atoms with E-state index >= 15 is 0 Å². The highest BCUT2D eigenvalue weighted by molar-refractivity contribution is 14.1. The highest BCUT2D eigenvalue weighted by atomic mass is 127. The first-order valence-electron chi connectivity index (χ1n) is 6.03. The van der Waals surface area contributed by atoms with E-state index < -0.39 is 0 Å². The zero-order valence-corrected chi connectivity index (χ0v) is 14.0. The summed E-state index contributed by atoms with van der Waals surface area (Å²) in [4.78, 5) is 14.8. The molecule has 0 radical (unpaired) electrons. The lowest BCUT2D eigenvalue weighted by atomic mass is 10.2. The van der Waals surface area contributed by atoms with Crippen molar-refractivity contribution in [2.75, 3.05) is 6.54 Å². The molecule has 0 heterocycles. The maximum atomic E-state index is 12.5. The van der Waals surface area contributed by atoms with Gasteiger partial charge in [0.15, 0.2) is 0 Å². The minimum Gasteiger partial charge on any atom is -0.393 e. The Morgan fingerprint density at radius 3 is 2.74 bits per heavy atom. The molecule has 0 atom stereocenters. The van der Waals surface area contributed by atoms with Crippen molar-refractivity contribution < 1.29 is 4.79 Å². The zero-order chi connectivity index (χ0) is 14.0. The number of hydrogen-bond acceptors (Lipinski definition) is 2. The van der Waals surface area contributed by atoms with Crippen molar-refractivity contribution in [3.8, 4) is 0 Å².